The first-order chi connectivity index (χ1) is 9.44. The maximum Gasteiger partial charge on any atom is 0.349 e. The lowest BCUT2D eigenvalue weighted by atomic mass is 10.5. The van der Waals surface area contributed by atoms with Crippen molar-refractivity contribution in [2.45, 2.75) is 11.4 Å². The van der Waals surface area contributed by atoms with Gasteiger partial charge in [-0.05, 0) is 18.2 Å². The van der Waals surface area contributed by atoms with Crippen LogP contribution < -0.4 is 4.72 Å². The molecule has 0 amide bonds. The number of esters is 1. The number of methoxy groups -OCH3 is 1. The normalized spacial score (nSPS) is 11.5. The molecule has 2 rings (SSSR count). The van der Waals surface area contributed by atoms with Gasteiger partial charge in [0.2, 0.25) is 10.0 Å². The standard InChI is InChI=1S/C11H10ClNO5S2/c1-17-11(14)10-8(5-9(12)19-10)20(15,16)13-6-7-3-2-4-18-7/h2-5,13H,6H2,1H3. The summed E-state index contributed by atoms with van der Waals surface area (Å²) in [6.07, 6.45) is 1.44. The van der Waals surface area contributed by atoms with E-state index >= 15 is 0 Å². The zero-order chi connectivity index (χ0) is 14.8. The Morgan fingerprint density at radius 1 is 1.55 bits per heavy atom. The molecule has 0 atom stereocenters. The van der Waals surface area contributed by atoms with Crippen LogP contribution in [0.2, 0.25) is 4.34 Å². The van der Waals surface area contributed by atoms with E-state index in [0.717, 1.165) is 11.3 Å². The van der Waals surface area contributed by atoms with Crippen molar-refractivity contribution in [2.24, 2.45) is 0 Å². The second-order valence-electron chi connectivity index (χ2n) is 3.64. The van der Waals surface area contributed by atoms with Crippen LogP contribution in [-0.4, -0.2) is 21.5 Å². The van der Waals surface area contributed by atoms with Crippen LogP contribution in [0.15, 0.2) is 33.8 Å². The summed E-state index contributed by atoms with van der Waals surface area (Å²) in [5, 5.41) is 0. The third kappa shape index (κ3) is 3.21. The SMILES string of the molecule is COC(=O)c1sc(Cl)cc1S(=O)(=O)NCc1ccco1. The van der Waals surface area contributed by atoms with Gasteiger partial charge in [-0.3, -0.25) is 0 Å². The van der Waals surface area contributed by atoms with Crippen LogP contribution in [0.4, 0.5) is 0 Å². The van der Waals surface area contributed by atoms with E-state index in [9.17, 15) is 13.2 Å². The summed E-state index contributed by atoms with van der Waals surface area (Å²) in [7, 11) is -2.72. The molecule has 6 nitrogen and oxygen atoms in total. The van der Waals surface area contributed by atoms with E-state index in [2.05, 4.69) is 9.46 Å². The average molecular weight is 336 g/mol. The minimum Gasteiger partial charge on any atom is -0.468 e. The topological polar surface area (TPSA) is 85.6 Å². The molecule has 0 unspecified atom stereocenters. The second kappa shape index (κ2) is 5.96. The third-order valence-corrected chi connectivity index (χ3v) is 5.14. The molecular weight excluding hydrogens is 326 g/mol. The molecule has 2 aromatic heterocycles. The van der Waals surface area contributed by atoms with Gasteiger partial charge in [0.25, 0.3) is 0 Å². The van der Waals surface area contributed by atoms with Gasteiger partial charge in [-0.25, -0.2) is 17.9 Å². The zero-order valence-electron chi connectivity index (χ0n) is 10.3. The summed E-state index contributed by atoms with van der Waals surface area (Å²) in [5.41, 5.74) is 0. The number of hydrogen-bond acceptors (Lipinski definition) is 6. The number of carbonyl (C=O) groups excluding carboxylic acids is 1. The number of furan rings is 1. The number of sulfonamides is 1. The van der Waals surface area contributed by atoms with Gasteiger partial charge < -0.3 is 9.15 Å². The molecule has 0 aliphatic carbocycles. The monoisotopic (exact) mass is 335 g/mol. The van der Waals surface area contributed by atoms with Gasteiger partial charge in [-0.15, -0.1) is 11.3 Å². The predicted octanol–water partition coefficient (Wildman–Crippen LogP) is 2.26. The van der Waals surface area contributed by atoms with Crippen LogP contribution in [0.5, 0.6) is 0 Å². The van der Waals surface area contributed by atoms with Crippen molar-refractivity contribution in [1.82, 2.24) is 4.72 Å². The van der Waals surface area contributed by atoms with Crippen molar-refractivity contribution in [3.05, 3.63) is 39.4 Å². The van der Waals surface area contributed by atoms with Crippen LogP contribution in [0.3, 0.4) is 0 Å². The maximum absolute atomic E-state index is 12.2. The van der Waals surface area contributed by atoms with Gasteiger partial charge in [-0.1, -0.05) is 11.6 Å². The molecule has 0 spiro atoms. The van der Waals surface area contributed by atoms with Crippen molar-refractivity contribution in [2.75, 3.05) is 7.11 Å². The summed E-state index contributed by atoms with van der Waals surface area (Å²) in [4.78, 5) is 11.3. The minimum atomic E-state index is -3.89. The predicted molar refractivity (Wildman–Crippen MR) is 73.4 cm³/mol. The quantitative estimate of drug-likeness (QED) is 0.847. The molecule has 0 radical (unpaired) electrons. The number of rotatable bonds is 5. The molecule has 0 saturated carbocycles. The van der Waals surface area contributed by atoms with Gasteiger partial charge in [0.05, 0.1) is 24.3 Å². The van der Waals surface area contributed by atoms with Crippen molar-refractivity contribution >= 4 is 38.9 Å². The van der Waals surface area contributed by atoms with Crippen molar-refractivity contribution in [3.8, 4) is 0 Å². The van der Waals surface area contributed by atoms with E-state index in [-0.39, 0.29) is 20.7 Å². The zero-order valence-corrected chi connectivity index (χ0v) is 12.6. The van der Waals surface area contributed by atoms with Crippen LogP contribution in [-0.2, 0) is 21.3 Å². The smallest absolute Gasteiger partial charge is 0.349 e. The summed E-state index contributed by atoms with van der Waals surface area (Å²) in [6, 6.07) is 4.48. The van der Waals surface area contributed by atoms with E-state index in [4.69, 9.17) is 16.0 Å². The van der Waals surface area contributed by atoms with E-state index < -0.39 is 16.0 Å². The minimum absolute atomic E-state index is 0.0244. The van der Waals surface area contributed by atoms with E-state index in [1.165, 1.54) is 19.4 Å². The molecule has 0 fully saturated rings. The van der Waals surface area contributed by atoms with E-state index in [1.54, 1.807) is 12.1 Å². The number of nitrogens with one attached hydrogen (secondary N) is 1. The molecular formula is C11H10ClNO5S2. The Morgan fingerprint density at radius 2 is 2.30 bits per heavy atom. The Labute approximate surface area is 124 Å². The van der Waals surface area contributed by atoms with Gasteiger partial charge in [0.15, 0.2) is 0 Å². The summed E-state index contributed by atoms with van der Waals surface area (Å²) in [5.74, 6) is -0.296. The van der Waals surface area contributed by atoms with Gasteiger partial charge in [-0.2, -0.15) is 0 Å². The molecule has 0 bridgehead atoms. The van der Waals surface area contributed by atoms with Crippen molar-refractivity contribution in [3.63, 3.8) is 0 Å². The summed E-state index contributed by atoms with van der Waals surface area (Å²) >= 11 is 6.62. The fourth-order valence-corrected chi connectivity index (χ4v) is 4.16. The maximum atomic E-state index is 12.2. The average Bonchev–Trinajstić information content (AvgIpc) is 3.04. The number of thiophene rings is 1. The number of carbonyl (C=O) groups is 1. The third-order valence-electron chi connectivity index (χ3n) is 2.34. The molecule has 2 heterocycles. The lowest BCUT2D eigenvalue weighted by Crippen LogP contribution is -2.24. The molecule has 108 valence electrons. The molecule has 0 aliphatic heterocycles. The summed E-state index contributed by atoms with van der Waals surface area (Å²) in [6.45, 7) is -0.0244. The molecule has 2 aromatic rings. The van der Waals surface area contributed by atoms with Crippen molar-refractivity contribution < 1.29 is 22.4 Å². The second-order valence-corrected chi connectivity index (χ2v) is 7.06. The fourth-order valence-electron chi connectivity index (χ4n) is 1.44. The van der Waals surface area contributed by atoms with Gasteiger partial charge >= 0.3 is 5.97 Å². The highest BCUT2D eigenvalue weighted by Gasteiger charge is 2.26. The highest BCUT2D eigenvalue weighted by atomic mass is 35.5. The highest BCUT2D eigenvalue weighted by molar-refractivity contribution is 7.89. The molecule has 9 heteroatoms. The van der Waals surface area contributed by atoms with Crippen LogP contribution >= 0.6 is 22.9 Å². The highest BCUT2D eigenvalue weighted by Crippen LogP contribution is 2.30. The molecule has 0 aromatic carbocycles. The first-order valence-electron chi connectivity index (χ1n) is 5.33. The largest absolute Gasteiger partial charge is 0.468 e. The van der Waals surface area contributed by atoms with Crippen molar-refractivity contribution in [1.29, 1.82) is 0 Å². The fraction of sp³-hybridized carbons (Fsp3) is 0.182. The van der Waals surface area contributed by atoms with Gasteiger partial charge in [0, 0.05) is 0 Å². The van der Waals surface area contributed by atoms with Crippen LogP contribution in [0, 0.1) is 0 Å². The lowest BCUT2D eigenvalue weighted by molar-refractivity contribution is 0.0602. The Morgan fingerprint density at radius 3 is 2.90 bits per heavy atom. The first kappa shape index (κ1) is 15.0. The van der Waals surface area contributed by atoms with Crippen LogP contribution in [0.25, 0.3) is 0 Å². The van der Waals surface area contributed by atoms with Crippen LogP contribution in [0.1, 0.15) is 15.4 Å². The van der Waals surface area contributed by atoms with E-state index in [0.29, 0.717) is 5.76 Å². The molecule has 1 N–H and O–H groups in total. The van der Waals surface area contributed by atoms with Gasteiger partial charge in [0.1, 0.15) is 15.5 Å². The number of ether oxygens (including phenoxy) is 1. The Bertz CT molecular complexity index is 705. The molecule has 0 aliphatic rings. The Hall–Kier alpha value is -1.35. The number of hydrogen-bond donors (Lipinski definition) is 1. The molecule has 0 saturated heterocycles. The Kier molecular flexibility index (Phi) is 4.48. The number of halogens is 1. The van der Waals surface area contributed by atoms with E-state index in [1.807, 2.05) is 0 Å². The summed E-state index contributed by atoms with van der Waals surface area (Å²) < 4.78 is 36.4. The first-order valence-corrected chi connectivity index (χ1v) is 8.01. The molecule has 20 heavy (non-hydrogen) atoms. The lowest BCUT2D eigenvalue weighted by Gasteiger charge is -2.05. The Balaban J connectivity index is 2.27.